The molecule has 4 nitrogen and oxygen atoms in total. The van der Waals surface area contributed by atoms with Crippen molar-refractivity contribution in [2.45, 2.75) is 20.0 Å². The van der Waals surface area contributed by atoms with Crippen molar-refractivity contribution in [2.75, 3.05) is 17.3 Å². The molecule has 1 aromatic carbocycles. The molecule has 1 aliphatic heterocycles. The van der Waals surface area contributed by atoms with Gasteiger partial charge in [0.25, 0.3) is 11.7 Å². The van der Waals surface area contributed by atoms with Crippen LogP contribution in [0.25, 0.3) is 0 Å². The van der Waals surface area contributed by atoms with Crippen molar-refractivity contribution in [1.29, 1.82) is 0 Å². The van der Waals surface area contributed by atoms with Gasteiger partial charge in [-0.3, -0.25) is 9.59 Å². The number of carbonyl (C=O) groups excluding carboxylic acids is 2. The summed E-state index contributed by atoms with van der Waals surface area (Å²) < 4.78 is 0. The molecule has 96 valence electrons. The molecule has 2 rings (SSSR count). The summed E-state index contributed by atoms with van der Waals surface area (Å²) in [5.41, 5.74) is 2.67. The molecular formula is C13H14ClNO3. The fourth-order valence-corrected chi connectivity index (χ4v) is 2.29. The van der Waals surface area contributed by atoms with E-state index in [0.717, 1.165) is 11.1 Å². The summed E-state index contributed by atoms with van der Waals surface area (Å²) in [7, 11) is 0. The van der Waals surface area contributed by atoms with Gasteiger partial charge in [0.1, 0.15) is 0 Å². The molecule has 0 spiro atoms. The maximum Gasteiger partial charge on any atom is 0.299 e. The highest BCUT2D eigenvalue weighted by molar-refractivity contribution is 6.52. The number of aryl methyl sites for hydroxylation is 2. The van der Waals surface area contributed by atoms with E-state index in [1.165, 1.54) is 4.90 Å². The maximum absolute atomic E-state index is 11.9. The fraction of sp³-hybridized carbons (Fsp3) is 0.385. The Bertz CT molecular complexity index is 527. The van der Waals surface area contributed by atoms with E-state index in [-0.39, 0.29) is 12.4 Å². The number of nitrogens with zero attached hydrogens (tertiary/aromatic N) is 1. The van der Waals surface area contributed by atoms with E-state index in [2.05, 4.69) is 0 Å². The number of hydrogen-bond acceptors (Lipinski definition) is 3. The van der Waals surface area contributed by atoms with Gasteiger partial charge in [-0.1, -0.05) is 12.1 Å². The minimum atomic E-state index is -0.839. The number of anilines is 1. The molecule has 5 heteroatoms. The summed E-state index contributed by atoms with van der Waals surface area (Å²) in [6.07, 6.45) is -0.839. The van der Waals surface area contributed by atoms with E-state index >= 15 is 0 Å². The molecule has 0 saturated heterocycles. The molecule has 0 aromatic heterocycles. The highest BCUT2D eigenvalue weighted by Crippen LogP contribution is 2.34. The number of hydrogen-bond donors (Lipinski definition) is 1. The Hall–Kier alpha value is -1.39. The number of aliphatic hydroxyl groups excluding tert-OH is 1. The van der Waals surface area contributed by atoms with Crippen molar-refractivity contribution >= 4 is 29.0 Å². The first-order valence-corrected chi connectivity index (χ1v) is 6.21. The van der Waals surface area contributed by atoms with E-state index in [9.17, 15) is 14.7 Å². The second-order valence-electron chi connectivity index (χ2n) is 4.48. The third kappa shape index (κ3) is 1.91. The molecular weight excluding hydrogens is 254 g/mol. The summed E-state index contributed by atoms with van der Waals surface area (Å²) in [5, 5.41) is 9.57. The first kappa shape index (κ1) is 13.1. The minimum Gasteiger partial charge on any atom is -0.390 e. The number of amides is 1. The van der Waals surface area contributed by atoms with Gasteiger partial charge in [-0.2, -0.15) is 0 Å². The lowest BCUT2D eigenvalue weighted by Crippen LogP contribution is -2.37. The van der Waals surface area contributed by atoms with Crippen molar-refractivity contribution in [3.8, 4) is 0 Å². The Morgan fingerprint density at radius 3 is 2.50 bits per heavy atom. The number of ketones is 1. The normalized spacial score (nSPS) is 16.1. The van der Waals surface area contributed by atoms with Crippen LogP contribution in [-0.4, -0.2) is 35.3 Å². The Kier molecular flexibility index (Phi) is 3.41. The molecule has 0 saturated carbocycles. The molecule has 1 heterocycles. The second kappa shape index (κ2) is 4.71. The van der Waals surface area contributed by atoms with Crippen LogP contribution in [0.5, 0.6) is 0 Å². The maximum atomic E-state index is 11.9. The van der Waals surface area contributed by atoms with Crippen molar-refractivity contribution in [3.63, 3.8) is 0 Å². The second-order valence-corrected chi connectivity index (χ2v) is 4.78. The number of β-amino-alcohol motifs (C(OH)–C–C–N with tert-alkyl or cyclic N) is 1. The molecule has 1 unspecified atom stereocenters. The first-order valence-electron chi connectivity index (χ1n) is 5.67. The summed E-state index contributed by atoms with van der Waals surface area (Å²) in [6, 6.07) is 3.68. The number of Topliss-reactive ketones (excluding diaryl/α,β-unsaturated/α-hetero) is 1. The number of aliphatic hydroxyl groups is 1. The summed E-state index contributed by atoms with van der Waals surface area (Å²) in [4.78, 5) is 25.2. The van der Waals surface area contributed by atoms with Crippen LogP contribution >= 0.6 is 11.6 Å². The van der Waals surface area contributed by atoms with E-state index in [4.69, 9.17) is 11.6 Å². The van der Waals surface area contributed by atoms with E-state index < -0.39 is 17.8 Å². The fourth-order valence-electron chi connectivity index (χ4n) is 2.20. The average molecular weight is 268 g/mol. The Morgan fingerprint density at radius 2 is 1.89 bits per heavy atom. The van der Waals surface area contributed by atoms with Crippen molar-refractivity contribution < 1.29 is 14.7 Å². The number of fused-ring (bicyclic) bond motifs is 1. The Labute approximate surface area is 110 Å². The highest BCUT2D eigenvalue weighted by atomic mass is 35.5. The zero-order valence-electron chi connectivity index (χ0n) is 10.2. The number of halogens is 1. The Morgan fingerprint density at radius 1 is 1.28 bits per heavy atom. The molecule has 1 amide bonds. The number of carbonyl (C=O) groups is 2. The molecule has 1 atom stereocenters. The molecule has 1 N–H and O–H groups in total. The van der Waals surface area contributed by atoms with Gasteiger partial charge in [-0.25, -0.2) is 0 Å². The van der Waals surface area contributed by atoms with Crippen LogP contribution in [-0.2, 0) is 4.79 Å². The van der Waals surface area contributed by atoms with Gasteiger partial charge in [-0.15, -0.1) is 11.6 Å². The number of alkyl halides is 1. The van der Waals surface area contributed by atoms with Crippen molar-refractivity contribution in [3.05, 3.63) is 28.8 Å². The van der Waals surface area contributed by atoms with Gasteiger partial charge in [0, 0.05) is 0 Å². The standard InChI is InChI=1S/C13H14ClNO3/c1-7-3-4-8(2)11-10(7)12(17)13(18)15(11)6-9(16)5-14/h3-4,9,16H,5-6H2,1-2H3. The minimum absolute atomic E-state index is 0.0260. The molecule has 1 aliphatic rings. The third-order valence-electron chi connectivity index (χ3n) is 3.10. The lowest BCUT2D eigenvalue weighted by atomic mass is 10.0. The SMILES string of the molecule is Cc1ccc(C)c2c1C(=O)C(=O)N2CC(O)CCl. The van der Waals surface area contributed by atoms with E-state index in [1.54, 1.807) is 6.92 Å². The van der Waals surface area contributed by atoms with E-state index in [1.807, 2.05) is 19.1 Å². The predicted octanol–water partition coefficient (Wildman–Crippen LogP) is 1.43. The first-order chi connectivity index (χ1) is 8.47. The molecule has 0 radical (unpaired) electrons. The summed E-state index contributed by atoms with van der Waals surface area (Å²) in [5.74, 6) is -1.07. The smallest absolute Gasteiger partial charge is 0.299 e. The molecule has 0 bridgehead atoms. The van der Waals surface area contributed by atoms with Crippen LogP contribution in [0, 0.1) is 13.8 Å². The van der Waals surface area contributed by atoms with Crippen molar-refractivity contribution in [1.82, 2.24) is 0 Å². The van der Waals surface area contributed by atoms with Crippen LogP contribution in [0.4, 0.5) is 5.69 Å². The van der Waals surface area contributed by atoms with E-state index in [0.29, 0.717) is 11.3 Å². The van der Waals surface area contributed by atoms with Gasteiger partial charge in [0.15, 0.2) is 0 Å². The highest BCUT2D eigenvalue weighted by Gasteiger charge is 2.38. The topological polar surface area (TPSA) is 57.6 Å². The molecule has 0 aliphatic carbocycles. The van der Waals surface area contributed by atoms with Gasteiger partial charge in [-0.05, 0) is 25.0 Å². The lowest BCUT2D eigenvalue weighted by molar-refractivity contribution is -0.114. The van der Waals surface area contributed by atoms with Gasteiger partial charge in [0.05, 0.1) is 29.8 Å². The van der Waals surface area contributed by atoms with Gasteiger partial charge in [0.2, 0.25) is 0 Å². The van der Waals surface area contributed by atoms with Crippen LogP contribution in [0.2, 0.25) is 0 Å². The van der Waals surface area contributed by atoms with Gasteiger partial charge < -0.3 is 10.0 Å². The molecule has 0 fully saturated rings. The van der Waals surface area contributed by atoms with Crippen LogP contribution in [0.3, 0.4) is 0 Å². The largest absolute Gasteiger partial charge is 0.390 e. The zero-order valence-corrected chi connectivity index (χ0v) is 11.0. The summed E-state index contributed by atoms with van der Waals surface area (Å²) in [6.45, 7) is 3.68. The van der Waals surface area contributed by atoms with Crippen LogP contribution in [0.1, 0.15) is 21.5 Å². The predicted molar refractivity (Wildman–Crippen MR) is 69.3 cm³/mol. The molecule has 1 aromatic rings. The van der Waals surface area contributed by atoms with Crippen LogP contribution in [0.15, 0.2) is 12.1 Å². The van der Waals surface area contributed by atoms with Gasteiger partial charge >= 0.3 is 0 Å². The summed E-state index contributed by atoms with van der Waals surface area (Å²) >= 11 is 5.54. The number of rotatable bonds is 3. The quantitative estimate of drug-likeness (QED) is 0.666. The molecule has 18 heavy (non-hydrogen) atoms. The Balaban J connectivity index is 2.51. The van der Waals surface area contributed by atoms with Crippen molar-refractivity contribution in [2.24, 2.45) is 0 Å². The zero-order chi connectivity index (χ0) is 13.4. The third-order valence-corrected chi connectivity index (χ3v) is 3.45. The average Bonchev–Trinajstić information content (AvgIpc) is 2.60. The lowest BCUT2D eigenvalue weighted by Gasteiger charge is -2.21. The monoisotopic (exact) mass is 267 g/mol. The number of benzene rings is 1. The van der Waals surface area contributed by atoms with Crippen LogP contribution < -0.4 is 4.90 Å².